The summed E-state index contributed by atoms with van der Waals surface area (Å²) in [6.45, 7) is 7.69. The Morgan fingerprint density at radius 2 is 2.00 bits per heavy atom. The highest BCUT2D eigenvalue weighted by atomic mass is 32.1. The minimum absolute atomic E-state index is 0.0452. The lowest BCUT2D eigenvalue weighted by molar-refractivity contribution is -0.135. The Labute approximate surface area is 227 Å². The van der Waals surface area contributed by atoms with Crippen molar-refractivity contribution in [1.29, 1.82) is 0 Å². The van der Waals surface area contributed by atoms with Crippen LogP contribution in [0.5, 0.6) is 5.75 Å². The van der Waals surface area contributed by atoms with E-state index in [4.69, 9.17) is 14.7 Å². The normalized spacial score (nSPS) is 15.6. The van der Waals surface area contributed by atoms with E-state index in [2.05, 4.69) is 38.8 Å². The van der Waals surface area contributed by atoms with Gasteiger partial charge in [0.15, 0.2) is 17.0 Å². The Balaban J connectivity index is 1.42. The van der Waals surface area contributed by atoms with Gasteiger partial charge in [-0.15, -0.1) is 0 Å². The van der Waals surface area contributed by atoms with Crippen molar-refractivity contribution in [3.05, 3.63) is 53.0 Å². The Kier molecular flexibility index (Phi) is 8.07. The average Bonchev–Trinajstić information content (AvgIpc) is 3.64. The van der Waals surface area contributed by atoms with Gasteiger partial charge in [-0.25, -0.2) is 4.98 Å². The molecule has 0 aliphatic carbocycles. The SMILES string of the molecule is CCN(CC)C(=O)C1CCCN(c2nc(NCCc3ccc(OC)cc3)c3ncn(-c4ccsc4)c3n2)C1. The van der Waals surface area contributed by atoms with Crippen LogP contribution in [0.25, 0.3) is 16.9 Å². The Bertz CT molecular complexity index is 1350. The van der Waals surface area contributed by atoms with E-state index in [1.54, 1.807) is 18.4 Å². The molecule has 1 N–H and O–H groups in total. The minimum atomic E-state index is -0.0452. The molecule has 1 aliphatic heterocycles. The third kappa shape index (κ3) is 5.45. The van der Waals surface area contributed by atoms with Crippen LogP contribution in [0.4, 0.5) is 11.8 Å². The maximum absolute atomic E-state index is 13.1. The second-order valence-electron chi connectivity index (χ2n) is 9.46. The zero-order chi connectivity index (χ0) is 26.5. The lowest BCUT2D eigenvalue weighted by Gasteiger charge is -2.34. The molecule has 0 saturated carbocycles. The molecule has 1 aliphatic rings. The van der Waals surface area contributed by atoms with Crippen LogP contribution in [0.1, 0.15) is 32.3 Å². The number of hydrogen-bond acceptors (Lipinski definition) is 8. The predicted molar refractivity (Wildman–Crippen MR) is 153 cm³/mol. The molecule has 1 fully saturated rings. The highest BCUT2D eigenvalue weighted by Gasteiger charge is 2.30. The molecule has 0 spiro atoms. The van der Waals surface area contributed by atoms with Gasteiger partial charge in [-0.1, -0.05) is 12.1 Å². The number of ether oxygens (including phenoxy) is 1. The van der Waals surface area contributed by atoms with Crippen molar-refractivity contribution in [1.82, 2.24) is 24.4 Å². The summed E-state index contributed by atoms with van der Waals surface area (Å²) in [4.78, 5) is 31.8. The number of carbonyl (C=O) groups is 1. The van der Waals surface area contributed by atoms with Crippen molar-refractivity contribution in [2.75, 3.05) is 50.1 Å². The zero-order valence-electron chi connectivity index (χ0n) is 22.3. The maximum Gasteiger partial charge on any atom is 0.229 e. The van der Waals surface area contributed by atoms with Gasteiger partial charge >= 0.3 is 0 Å². The molecule has 0 radical (unpaired) electrons. The van der Waals surface area contributed by atoms with Crippen LogP contribution >= 0.6 is 11.3 Å². The number of nitrogens with one attached hydrogen (secondary N) is 1. The number of imidazole rings is 1. The van der Waals surface area contributed by atoms with Crippen molar-refractivity contribution >= 4 is 40.2 Å². The number of piperidine rings is 1. The molecule has 1 saturated heterocycles. The fourth-order valence-electron chi connectivity index (χ4n) is 5.01. The van der Waals surface area contributed by atoms with Crippen molar-refractivity contribution in [2.45, 2.75) is 33.1 Å². The lowest BCUT2D eigenvalue weighted by atomic mass is 9.96. The summed E-state index contributed by atoms with van der Waals surface area (Å²) in [6.07, 6.45) is 4.47. The molecule has 5 rings (SSSR count). The van der Waals surface area contributed by atoms with E-state index in [0.29, 0.717) is 24.9 Å². The van der Waals surface area contributed by atoms with Crippen LogP contribution < -0.4 is 15.0 Å². The minimum Gasteiger partial charge on any atom is -0.497 e. The van der Waals surface area contributed by atoms with Crippen LogP contribution in [0.15, 0.2) is 47.4 Å². The first-order chi connectivity index (χ1) is 18.6. The third-order valence-electron chi connectivity index (χ3n) is 7.16. The summed E-state index contributed by atoms with van der Waals surface area (Å²) in [5.41, 5.74) is 3.74. The van der Waals surface area contributed by atoms with Crippen LogP contribution in [0.3, 0.4) is 0 Å². The topological polar surface area (TPSA) is 88.4 Å². The molecular weight excluding hydrogens is 498 g/mol. The number of carbonyl (C=O) groups excluding carboxylic acids is 1. The van der Waals surface area contributed by atoms with Gasteiger partial charge in [-0.3, -0.25) is 9.36 Å². The van der Waals surface area contributed by atoms with E-state index >= 15 is 0 Å². The predicted octanol–water partition coefficient (Wildman–Crippen LogP) is 4.63. The van der Waals surface area contributed by atoms with E-state index < -0.39 is 0 Å². The number of thiophene rings is 1. The number of aromatic nitrogens is 4. The Morgan fingerprint density at radius 1 is 1.18 bits per heavy atom. The molecule has 1 unspecified atom stereocenters. The van der Waals surface area contributed by atoms with Gasteiger partial charge in [-0.2, -0.15) is 21.3 Å². The van der Waals surface area contributed by atoms with Gasteiger partial charge in [-0.05, 0) is 62.3 Å². The highest BCUT2D eigenvalue weighted by Crippen LogP contribution is 2.28. The van der Waals surface area contributed by atoms with E-state index in [0.717, 1.165) is 61.5 Å². The average molecular weight is 534 g/mol. The van der Waals surface area contributed by atoms with Crippen LogP contribution in [0.2, 0.25) is 0 Å². The number of amides is 1. The van der Waals surface area contributed by atoms with Crippen LogP contribution in [0, 0.1) is 5.92 Å². The van der Waals surface area contributed by atoms with Gasteiger partial charge in [0.2, 0.25) is 11.9 Å². The van der Waals surface area contributed by atoms with E-state index in [9.17, 15) is 4.79 Å². The van der Waals surface area contributed by atoms with E-state index in [-0.39, 0.29) is 11.8 Å². The molecule has 3 aromatic heterocycles. The number of methoxy groups -OCH3 is 1. The van der Waals surface area contributed by atoms with Gasteiger partial charge in [0, 0.05) is 38.1 Å². The first-order valence-corrected chi connectivity index (χ1v) is 14.2. The summed E-state index contributed by atoms with van der Waals surface area (Å²) in [5.74, 6) is 2.38. The zero-order valence-corrected chi connectivity index (χ0v) is 23.1. The molecule has 38 heavy (non-hydrogen) atoms. The third-order valence-corrected chi connectivity index (χ3v) is 7.83. The monoisotopic (exact) mass is 533 g/mol. The maximum atomic E-state index is 13.1. The molecule has 1 aromatic carbocycles. The van der Waals surface area contributed by atoms with Gasteiger partial charge < -0.3 is 19.9 Å². The van der Waals surface area contributed by atoms with Gasteiger partial charge in [0.05, 0.1) is 18.7 Å². The fraction of sp³-hybridized carbons (Fsp3) is 0.429. The highest BCUT2D eigenvalue weighted by molar-refractivity contribution is 7.08. The number of rotatable bonds is 10. The van der Waals surface area contributed by atoms with E-state index in [1.807, 2.05) is 47.2 Å². The summed E-state index contributed by atoms with van der Waals surface area (Å²) in [7, 11) is 1.67. The Morgan fingerprint density at radius 3 is 2.71 bits per heavy atom. The first kappa shape index (κ1) is 26.0. The first-order valence-electron chi connectivity index (χ1n) is 13.3. The molecule has 200 valence electrons. The summed E-state index contributed by atoms with van der Waals surface area (Å²) in [6, 6.07) is 10.2. The molecule has 4 heterocycles. The van der Waals surface area contributed by atoms with Gasteiger partial charge in [0.25, 0.3) is 0 Å². The number of hydrogen-bond donors (Lipinski definition) is 1. The number of benzene rings is 1. The second-order valence-corrected chi connectivity index (χ2v) is 10.2. The fourth-order valence-corrected chi connectivity index (χ4v) is 5.64. The number of nitrogens with zero attached hydrogens (tertiary/aromatic N) is 6. The molecule has 10 heteroatoms. The van der Waals surface area contributed by atoms with Crippen molar-refractivity contribution in [3.8, 4) is 11.4 Å². The molecular formula is C28H35N7O2S. The van der Waals surface area contributed by atoms with Gasteiger partial charge in [0.1, 0.15) is 12.1 Å². The molecule has 0 bridgehead atoms. The largest absolute Gasteiger partial charge is 0.497 e. The van der Waals surface area contributed by atoms with Crippen LogP contribution in [-0.2, 0) is 11.2 Å². The van der Waals surface area contributed by atoms with E-state index in [1.165, 1.54) is 5.56 Å². The quantitative estimate of drug-likeness (QED) is 0.318. The van der Waals surface area contributed by atoms with Crippen molar-refractivity contribution in [3.63, 3.8) is 0 Å². The summed E-state index contributed by atoms with van der Waals surface area (Å²) < 4.78 is 7.28. The van der Waals surface area contributed by atoms with Crippen molar-refractivity contribution in [2.24, 2.45) is 5.92 Å². The summed E-state index contributed by atoms with van der Waals surface area (Å²) in [5, 5.41) is 7.65. The standard InChI is InChI=1S/C28H35N7O2S/c1-4-33(5-2)27(36)21-7-6-15-34(17-21)28-31-25(29-14-12-20-8-10-23(37-3)11-9-20)24-26(32-28)35(19-30-24)22-13-16-38-18-22/h8-11,13,16,18-19,21H,4-7,12,14-15,17H2,1-3H3,(H,29,31,32). The second kappa shape index (κ2) is 11.8. The molecule has 1 amide bonds. The number of anilines is 2. The Hall–Kier alpha value is -3.66. The smallest absolute Gasteiger partial charge is 0.229 e. The van der Waals surface area contributed by atoms with Crippen LogP contribution in [-0.4, -0.2) is 70.2 Å². The lowest BCUT2D eigenvalue weighted by Crippen LogP contribution is -2.45. The van der Waals surface area contributed by atoms with Crippen molar-refractivity contribution < 1.29 is 9.53 Å². The molecule has 9 nitrogen and oxygen atoms in total. The summed E-state index contributed by atoms with van der Waals surface area (Å²) >= 11 is 1.64. The molecule has 4 aromatic rings. The number of fused-ring (bicyclic) bond motifs is 1. The molecule has 1 atom stereocenters.